The van der Waals surface area contributed by atoms with E-state index in [2.05, 4.69) is 30.3 Å². The lowest BCUT2D eigenvalue weighted by atomic mass is 10.3. The molecule has 3 aromatic rings. The fourth-order valence-corrected chi connectivity index (χ4v) is 2.99. The van der Waals surface area contributed by atoms with Gasteiger partial charge in [-0.05, 0) is 25.1 Å². The number of aliphatic imine (C=N–C) groups is 1. The molecule has 3 aromatic heterocycles. The van der Waals surface area contributed by atoms with E-state index < -0.39 is 0 Å². The van der Waals surface area contributed by atoms with Crippen LogP contribution in [0.4, 0.5) is 0 Å². The molecule has 0 bridgehead atoms. The predicted octanol–water partition coefficient (Wildman–Crippen LogP) is 3.38. The molecule has 0 radical (unpaired) electrons. The van der Waals surface area contributed by atoms with Gasteiger partial charge in [0.2, 0.25) is 0 Å². The molecule has 0 aliphatic rings. The van der Waals surface area contributed by atoms with E-state index in [-0.39, 0.29) is 24.0 Å². The lowest BCUT2D eigenvalue weighted by Crippen LogP contribution is -2.39. The van der Waals surface area contributed by atoms with Crippen LogP contribution in [-0.2, 0) is 20.0 Å². The summed E-state index contributed by atoms with van der Waals surface area (Å²) in [6.45, 7) is 4.06. The van der Waals surface area contributed by atoms with Gasteiger partial charge in [-0.2, -0.15) is 4.98 Å². The van der Waals surface area contributed by atoms with Crippen molar-refractivity contribution in [1.82, 2.24) is 29.9 Å². The van der Waals surface area contributed by atoms with Gasteiger partial charge in [0.15, 0.2) is 11.8 Å². The number of aryl methyl sites for hydroxylation is 1. The maximum atomic E-state index is 6.08. The van der Waals surface area contributed by atoms with Gasteiger partial charge in [0.05, 0.1) is 11.6 Å². The Bertz CT molecular complexity index is 926. The predicted molar refractivity (Wildman–Crippen MR) is 125 cm³/mol. The summed E-state index contributed by atoms with van der Waals surface area (Å²) in [4.78, 5) is 15.3. The molecular weight excluding hydrogens is 505 g/mol. The standard InChI is InChI=1S/C19H24ClN7O.HI/c1-4-21-19(27(3)13-15-11-14(20)12-26(15)2)23-10-8-17-24-18(28-25-17)16-7-5-6-9-22-16;/h5-7,9,11-12H,4,8,10,13H2,1-3H3,(H,21,23);1H. The van der Waals surface area contributed by atoms with Crippen molar-refractivity contribution in [2.75, 3.05) is 20.1 Å². The van der Waals surface area contributed by atoms with Crippen molar-refractivity contribution in [1.29, 1.82) is 0 Å². The molecule has 0 aliphatic heterocycles. The third kappa shape index (κ3) is 6.43. The summed E-state index contributed by atoms with van der Waals surface area (Å²) in [7, 11) is 3.98. The van der Waals surface area contributed by atoms with Crippen molar-refractivity contribution in [3.05, 3.63) is 53.2 Å². The second-order valence-corrected chi connectivity index (χ2v) is 6.77. The number of pyridine rings is 1. The molecule has 0 saturated heterocycles. The molecule has 3 heterocycles. The first kappa shape index (κ1) is 23.1. The molecule has 3 rings (SSSR count). The van der Waals surface area contributed by atoms with E-state index in [1.807, 2.05) is 56.0 Å². The summed E-state index contributed by atoms with van der Waals surface area (Å²) >= 11 is 6.08. The van der Waals surface area contributed by atoms with Crippen LogP contribution < -0.4 is 5.32 Å². The number of rotatable bonds is 7. The van der Waals surface area contributed by atoms with Crippen LogP contribution in [0.2, 0.25) is 5.02 Å². The lowest BCUT2D eigenvalue weighted by molar-refractivity contribution is 0.421. The average Bonchev–Trinajstić information content (AvgIpc) is 3.28. The van der Waals surface area contributed by atoms with Crippen LogP contribution in [0.5, 0.6) is 0 Å². The first-order valence-electron chi connectivity index (χ1n) is 9.11. The van der Waals surface area contributed by atoms with Crippen molar-refractivity contribution in [3.8, 4) is 11.6 Å². The highest BCUT2D eigenvalue weighted by Crippen LogP contribution is 2.15. The normalized spacial score (nSPS) is 11.2. The number of halogens is 2. The Kier molecular flexibility index (Phi) is 8.90. The quantitative estimate of drug-likeness (QED) is 0.287. The summed E-state index contributed by atoms with van der Waals surface area (Å²) in [6.07, 6.45) is 4.17. The summed E-state index contributed by atoms with van der Waals surface area (Å²) in [6, 6.07) is 7.52. The minimum absolute atomic E-state index is 0. The zero-order valence-electron chi connectivity index (χ0n) is 16.7. The number of hydrogen-bond donors (Lipinski definition) is 1. The van der Waals surface area contributed by atoms with Gasteiger partial charge in [0.1, 0.15) is 5.69 Å². The Balaban J connectivity index is 0.00000300. The number of hydrogen-bond acceptors (Lipinski definition) is 5. The van der Waals surface area contributed by atoms with Gasteiger partial charge in [0.25, 0.3) is 5.89 Å². The van der Waals surface area contributed by atoms with Crippen LogP contribution in [-0.4, -0.2) is 50.7 Å². The van der Waals surface area contributed by atoms with Crippen LogP contribution in [0.15, 0.2) is 46.2 Å². The molecule has 0 spiro atoms. The molecule has 29 heavy (non-hydrogen) atoms. The minimum Gasteiger partial charge on any atom is -0.357 e. The lowest BCUT2D eigenvalue weighted by Gasteiger charge is -2.22. The second-order valence-electron chi connectivity index (χ2n) is 6.33. The topological polar surface area (TPSA) is 84.4 Å². The number of guanidine groups is 1. The number of nitrogens with one attached hydrogen (secondary N) is 1. The first-order valence-corrected chi connectivity index (χ1v) is 9.48. The van der Waals surface area contributed by atoms with E-state index >= 15 is 0 Å². The Labute approximate surface area is 192 Å². The van der Waals surface area contributed by atoms with E-state index in [1.165, 1.54) is 0 Å². The monoisotopic (exact) mass is 529 g/mol. The smallest absolute Gasteiger partial charge is 0.276 e. The van der Waals surface area contributed by atoms with Gasteiger partial charge >= 0.3 is 0 Å². The van der Waals surface area contributed by atoms with Crippen molar-refractivity contribution in [3.63, 3.8) is 0 Å². The number of nitrogens with zero attached hydrogens (tertiary/aromatic N) is 6. The molecule has 156 valence electrons. The third-order valence-electron chi connectivity index (χ3n) is 4.12. The zero-order chi connectivity index (χ0) is 19.9. The molecule has 0 saturated carbocycles. The molecule has 0 aliphatic carbocycles. The van der Waals surface area contributed by atoms with Crippen LogP contribution in [0, 0.1) is 0 Å². The van der Waals surface area contributed by atoms with E-state index in [4.69, 9.17) is 16.1 Å². The molecule has 8 nitrogen and oxygen atoms in total. The highest BCUT2D eigenvalue weighted by molar-refractivity contribution is 14.0. The molecule has 0 aromatic carbocycles. The maximum absolute atomic E-state index is 6.08. The van der Waals surface area contributed by atoms with E-state index in [0.29, 0.717) is 36.9 Å². The van der Waals surface area contributed by atoms with Crippen molar-refractivity contribution in [2.45, 2.75) is 19.9 Å². The van der Waals surface area contributed by atoms with Crippen molar-refractivity contribution >= 4 is 41.5 Å². The fraction of sp³-hybridized carbons (Fsp3) is 0.368. The van der Waals surface area contributed by atoms with E-state index in [9.17, 15) is 0 Å². The van der Waals surface area contributed by atoms with Gasteiger partial charge in [-0.15, -0.1) is 24.0 Å². The zero-order valence-corrected chi connectivity index (χ0v) is 19.8. The largest absolute Gasteiger partial charge is 0.357 e. The molecule has 0 amide bonds. The second kappa shape index (κ2) is 11.1. The molecule has 0 atom stereocenters. The fourth-order valence-electron chi connectivity index (χ4n) is 2.72. The Morgan fingerprint density at radius 2 is 2.21 bits per heavy atom. The first-order chi connectivity index (χ1) is 13.6. The van der Waals surface area contributed by atoms with Gasteiger partial charge in [0, 0.05) is 51.7 Å². The van der Waals surface area contributed by atoms with Gasteiger partial charge < -0.3 is 19.3 Å². The van der Waals surface area contributed by atoms with E-state index in [1.54, 1.807) is 6.20 Å². The molecule has 1 N–H and O–H groups in total. The molecule has 10 heteroatoms. The molecular formula is C19H25ClIN7O. The van der Waals surface area contributed by atoms with Crippen LogP contribution in [0.1, 0.15) is 18.4 Å². The summed E-state index contributed by atoms with van der Waals surface area (Å²) in [5.41, 5.74) is 1.77. The van der Waals surface area contributed by atoms with Gasteiger partial charge in [-0.1, -0.05) is 22.8 Å². The average molecular weight is 530 g/mol. The van der Waals surface area contributed by atoms with Crippen LogP contribution in [0.25, 0.3) is 11.6 Å². The van der Waals surface area contributed by atoms with Gasteiger partial charge in [-0.25, -0.2) is 0 Å². The third-order valence-corrected chi connectivity index (χ3v) is 4.33. The van der Waals surface area contributed by atoms with Crippen LogP contribution >= 0.6 is 35.6 Å². The van der Waals surface area contributed by atoms with Crippen molar-refractivity contribution in [2.24, 2.45) is 12.0 Å². The van der Waals surface area contributed by atoms with E-state index in [0.717, 1.165) is 23.2 Å². The highest BCUT2D eigenvalue weighted by Gasteiger charge is 2.11. The Hall–Kier alpha value is -2.14. The van der Waals surface area contributed by atoms with Gasteiger partial charge in [-0.3, -0.25) is 9.98 Å². The highest BCUT2D eigenvalue weighted by atomic mass is 127. The maximum Gasteiger partial charge on any atom is 0.276 e. The Morgan fingerprint density at radius 3 is 2.86 bits per heavy atom. The minimum atomic E-state index is 0. The number of aromatic nitrogens is 4. The summed E-state index contributed by atoms with van der Waals surface area (Å²) in [5, 5.41) is 8.05. The summed E-state index contributed by atoms with van der Waals surface area (Å²) < 4.78 is 7.30. The summed E-state index contributed by atoms with van der Waals surface area (Å²) in [5.74, 6) is 1.84. The molecule has 0 fully saturated rings. The van der Waals surface area contributed by atoms with Crippen molar-refractivity contribution < 1.29 is 4.52 Å². The van der Waals surface area contributed by atoms with Crippen LogP contribution in [0.3, 0.4) is 0 Å². The SMILES string of the molecule is CCNC(=NCCc1noc(-c2ccccn2)n1)N(C)Cc1cc(Cl)cn1C.I. The Morgan fingerprint density at radius 1 is 1.38 bits per heavy atom. The molecule has 0 unspecified atom stereocenters.